The lowest BCUT2D eigenvalue weighted by molar-refractivity contribution is 0.0889. The molecule has 0 aliphatic carbocycles. The maximum absolute atomic E-state index is 3.41. The Hall–Kier alpha value is -0.120. The summed E-state index contributed by atoms with van der Waals surface area (Å²) in [5, 5.41) is 3.41. The average Bonchev–Trinajstić information content (AvgIpc) is 2.71. The van der Waals surface area contributed by atoms with Crippen LogP contribution in [0, 0.1) is 0 Å². The van der Waals surface area contributed by atoms with Gasteiger partial charge in [-0.2, -0.15) is 0 Å². The first-order valence-electron chi connectivity index (χ1n) is 6.37. The van der Waals surface area contributed by atoms with Gasteiger partial charge >= 0.3 is 0 Å². The van der Waals surface area contributed by atoms with Crippen LogP contribution in [0.2, 0.25) is 0 Å². The fraction of sp³-hybridized carbons (Fsp3) is 1.00. The van der Waals surface area contributed by atoms with Crippen LogP contribution in [-0.4, -0.2) is 61.2 Å². The SMILES string of the molecule is CC(C)(CN1CCNCC1)N1CCCC1. The highest BCUT2D eigenvalue weighted by atomic mass is 15.3. The van der Waals surface area contributed by atoms with Gasteiger partial charge in [0.1, 0.15) is 0 Å². The number of piperazine rings is 1. The predicted octanol–water partition coefficient (Wildman–Crippen LogP) is 0.766. The van der Waals surface area contributed by atoms with Gasteiger partial charge in [0, 0.05) is 38.3 Å². The maximum Gasteiger partial charge on any atom is 0.0280 e. The summed E-state index contributed by atoms with van der Waals surface area (Å²) >= 11 is 0. The van der Waals surface area contributed by atoms with E-state index < -0.39 is 0 Å². The van der Waals surface area contributed by atoms with E-state index in [9.17, 15) is 0 Å². The van der Waals surface area contributed by atoms with Crippen LogP contribution in [0.25, 0.3) is 0 Å². The van der Waals surface area contributed by atoms with Gasteiger partial charge in [0.05, 0.1) is 0 Å². The van der Waals surface area contributed by atoms with Crippen LogP contribution in [0.5, 0.6) is 0 Å². The lowest BCUT2D eigenvalue weighted by Gasteiger charge is -2.41. The highest BCUT2D eigenvalue weighted by Crippen LogP contribution is 2.22. The lowest BCUT2D eigenvalue weighted by Crippen LogP contribution is -2.54. The molecular weight excluding hydrogens is 186 g/mol. The first-order chi connectivity index (χ1) is 7.18. The van der Waals surface area contributed by atoms with E-state index in [0.717, 1.165) is 13.1 Å². The zero-order valence-electron chi connectivity index (χ0n) is 10.3. The third kappa shape index (κ3) is 2.92. The minimum atomic E-state index is 0.369. The molecule has 0 unspecified atom stereocenters. The number of hydrogen-bond acceptors (Lipinski definition) is 3. The van der Waals surface area contributed by atoms with E-state index in [1.54, 1.807) is 0 Å². The van der Waals surface area contributed by atoms with Gasteiger partial charge < -0.3 is 5.32 Å². The molecule has 0 saturated carbocycles. The summed E-state index contributed by atoms with van der Waals surface area (Å²) in [6.45, 7) is 13.4. The van der Waals surface area contributed by atoms with E-state index in [4.69, 9.17) is 0 Å². The van der Waals surface area contributed by atoms with Crippen molar-refractivity contribution in [2.45, 2.75) is 32.2 Å². The largest absolute Gasteiger partial charge is 0.314 e. The Morgan fingerprint density at radius 2 is 1.60 bits per heavy atom. The van der Waals surface area contributed by atoms with Gasteiger partial charge in [-0.15, -0.1) is 0 Å². The minimum Gasteiger partial charge on any atom is -0.314 e. The molecule has 0 atom stereocenters. The molecule has 1 N–H and O–H groups in total. The molecule has 0 aromatic heterocycles. The van der Waals surface area contributed by atoms with Gasteiger partial charge in [-0.05, 0) is 39.8 Å². The van der Waals surface area contributed by atoms with Crippen molar-refractivity contribution in [1.29, 1.82) is 0 Å². The number of likely N-dealkylation sites (tertiary alicyclic amines) is 1. The molecule has 3 nitrogen and oxygen atoms in total. The molecule has 15 heavy (non-hydrogen) atoms. The summed E-state index contributed by atoms with van der Waals surface area (Å²) in [6.07, 6.45) is 2.79. The normalized spacial score (nSPS) is 26.0. The molecule has 2 aliphatic rings. The van der Waals surface area contributed by atoms with Crippen molar-refractivity contribution in [3.63, 3.8) is 0 Å². The highest BCUT2D eigenvalue weighted by Gasteiger charge is 2.30. The van der Waals surface area contributed by atoms with E-state index in [1.807, 2.05) is 0 Å². The molecule has 2 heterocycles. The smallest absolute Gasteiger partial charge is 0.0280 e. The first kappa shape index (κ1) is 11.4. The predicted molar refractivity (Wildman–Crippen MR) is 64.2 cm³/mol. The molecule has 2 saturated heterocycles. The van der Waals surface area contributed by atoms with Gasteiger partial charge in [0.25, 0.3) is 0 Å². The van der Waals surface area contributed by atoms with Crippen molar-refractivity contribution in [2.24, 2.45) is 0 Å². The lowest BCUT2D eigenvalue weighted by atomic mass is 10.0. The molecule has 2 aliphatic heterocycles. The van der Waals surface area contributed by atoms with Crippen molar-refractivity contribution in [3.8, 4) is 0 Å². The van der Waals surface area contributed by atoms with Gasteiger partial charge in [-0.25, -0.2) is 0 Å². The molecule has 0 amide bonds. The van der Waals surface area contributed by atoms with Gasteiger partial charge in [-0.3, -0.25) is 9.80 Å². The van der Waals surface area contributed by atoms with Crippen LogP contribution in [0.3, 0.4) is 0 Å². The summed E-state index contributed by atoms with van der Waals surface area (Å²) in [5.41, 5.74) is 0.369. The molecular formula is C12H25N3. The van der Waals surface area contributed by atoms with Gasteiger partial charge in [-0.1, -0.05) is 0 Å². The fourth-order valence-electron chi connectivity index (χ4n) is 2.84. The second-order valence-electron chi connectivity index (χ2n) is 5.53. The summed E-state index contributed by atoms with van der Waals surface area (Å²) in [5.74, 6) is 0. The van der Waals surface area contributed by atoms with Gasteiger partial charge in [0.15, 0.2) is 0 Å². The maximum atomic E-state index is 3.41. The van der Waals surface area contributed by atoms with E-state index in [0.29, 0.717) is 5.54 Å². The van der Waals surface area contributed by atoms with E-state index in [-0.39, 0.29) is 0 Å². The molecule has 0 spiro atoms. The monoisotopic (exact) mass is 211 g/mol. The fourth-order valence-corrected chi connectivity index (χ4v) is 2.84. The van der Waals surface area contributed by atoms with Crippen molar-refractivity contribution >= 4 is 0 Å². The molecule has 88 valence electrons. The summed E-state index contributed by atoms with van der Waals surface area (Å²) in [7, 11) is 0. The topological polar surface area (TPSA) is 18.5 Å². The third-order valence-electron chi connectivity index (χ3n) is 3.78. The van der Waals surface area contributed by atoms with Crippen molar-refractivity contribution < 1.29 is 0 Å². The van der Waals surface area contributed by atoms with Crippen molar-refractivity contribution in [3.05, 3.63) is 0 Å². The zero-order chi connectivity index (χ0) is 10.7. The molecule has 0 aromatic carbocycles. The van der Waals surface area contributed by atoms with Crippen LogP contribution in [0.15, 0.2) is 0 Å². The minimum absolute atomic E-state index is 0.369. The Labute approximate surface area is 93.8 Å². The Morgan fingerprint density at radius 3 is 2.20 bits per heavy atom. The Bertz CT molecular complexity index is 191. The van der Waals surface area contributed by atoms with Gasteiger partial charge in [0.2, 0.25) is 0 Å². The van der Waals surface area contributed by atoms with E-state index in [1.165, 1.54) is 45.6 Å². The molecule has 0 bridgehead atoms. The summed E-state index contributed by atoms with van der Waals surface area (Å²) in [6, 6.07) is 0. The Kier molecular flexibility index (Phi) is 3.65. The van der Waals surface area contributed by atoms with Crippen molar-refractivity contribution in [1.82, 2.24) is 15.1 Å². The summed E-state index contributed by atoms with van der Waals surface area (Å²) < 4.78 is 0. The second kappa shape index (κ2) is 4.81. The van der Waals surface area contributed by atoms with Crippen molar-refractivity contribution in [2.75, 3.05) is 45.8 Å². The molecule has 3 heteroatoms. The number of hydrogen-bond donors (Lipinski definition) is 1. The zero-order valence-corrected chi connectivity index (χ0v) is 10.3. The van der Waals surface area contributed by atoms with E-state index in [2.05, 4.69) is 29.0 Å². The molecule has 2 fully saturated rings. The van der Waals surface area contributed by atoms with Crippen LogP contribution in [0.1, 0.15) is 26.7 Å². The van der Waals surface area contributed by atoms with Crippen LogP contribution < -0.4 is 5.32 Å². The van der Waals surface area contributed by atoms with Crippen LogP contribution in [0.4, 0.5) is 0 Å². The Morgan fingerprint density at radius 1 is 1.00 bits per heavy atom. The first-order valence-corrected chi connectivity index (χ1v) is 6.37. The number of nitrogens with zero attached hydrogens (tertiary/aromatic N) is 2. The standard InChI is InChI=1S/C12H25N3/c1-12(2,15-7-3-4-8-15)11-14-9-5-13-6-10-14/h13H,3-11H2,1-2H3. The van der Waals surface area contributed by atoms with E-state index >= 15 is 0 Å². The summed E-state index contributed by atoms with van der Waals surface area (Å²) in [4.78, 5) is 5.27. The third-order valence-corrected chi connectivity index (χ3v) is 3.78. The van der Waals surface area contributed by atoms with Crippen LogP contribution in [-0.2, 0) is 0 Å². The quantitative estimate of drug-likeness (QED) is 0.744. The molecule has 0 aromatic rings. The second-order valence-corrected chi connectivity index (χ2v) is 5.53. The number of nitrogens with one attached hydrogen (secondary N) is 1. The molecule has 0 radical (unpaired) electrons. The molecule has 2 rings (SSSR count). The van der Waals surface area contributed by atoms with Crippen LogP contribution >= 0.6 is 0 Å². The number of rotatable bonds is 3. The highest BCUT2D eigenvalue weighted by molar-refractivity contribution is 4.88. The average molecular weight is 211 g/mol. The Balaban J connectivity index is 1.84.